The Morgan fingerprint density at radius 1 is 1.00 bits per heavy atom. The van der Waals surface area contributed by atoms with Gasteiger partial charge in [-0.15, -0.1) is 6.42 Å². The summed E-state index contributed by atoms with van der Waals surface area (Å²) in [4.78, 5) is 0. The van der Waals surface area contributed by atoms with E-state index >= 15 is 0 Å². The third-order valence-electron chi connectivity index (χ3n) is 2.50. The lowest BCUT2D eigenvalue weighted by molar-refractivity contribution is 0.790. The van der Waals surface area contributed by atoms with E-state index in [1.807, 2.05) is 6.07 Å². The molecule has 0 saturated heterocycles. The van der Waals surface area contributed by atoms with Crippen molar-refractivity contribution < 1.29 is 0 Å². The van der Waals surface area contributed by atoms with Crippen LogP contribution in [-0.4, -0.2) is 0 Å². The monoisotopic (exact) mass is 186 g/mol. The Bertz CT molecular complexity index is 351. The maximum absolute atomic E-state index is 5.40. The average molecular weight is 186 g/mol. The molecule has 1 aromatic carbocycles. The number of hydrogen-bond acceptors (Lipinski definition) is 0. The van der Waals surface area contributed by atoms with Crippen LogP contribution in [0.3, 0.4) is 0 Å². The highest BCUT2D eigenvalue weighted by Gasteiger charge is 2.09. The number of rotatable bonds is 2. The molecule has 0 nitrogen and oxygen atoms in total. The summed E-state index contributed by atoms with van der Waals surface area (Å²) < 4.78 is 0. The van der Waals surface area contributed by atoms with Gasteiger partial charge in [-0.25, -0.2) is 0 Å². The van der Waals surface area contributed by atoms with Crippen LogP contribution in [0.25, 0.3) is 0 Å². The molecule has 0 atom stereocenters. The molecule has 0 aliphatic carbocycles. The molecule has 0 heteroatoms. The van der Waals surface area contributed by atoms with E-state index in [2.05, 4.69) is 45.7 Å². The van der Waals surface area contributed by atoms with Crippen molar-refractivity contribution >= 4 is 0 Å². The lowest BCUT2D eigenvalue weighted by Gasteiger charge is -2.16. The Kier molecular flexibility index (Phi) is 3.36. The zero-order chi connectivity index (χ0) is 10.7. The van der Waals surface area contributed by atoms with Crippen LogP contribution < -0.4 is 0 Å². The fraction of sp³-hybridized carbons (Fsp3) is 0.429. The van der Waals surface area contributed by atoms with Gasteiger partial charge in [0.2, 0.25) is 0 Å². The van der Waals surface area contributed by atoms with Crippen molar-refractivity contribution in [2.24, 2.45) is 0 Å². The summed E-state index contributed by atoms with van der Waals surface area (Å²) >= 11 is 0. The molecular formula is C14H18. The number of benzene rings is 1. The van der Waals surface area contributed by atoms with Crippen molar-refractivity contribution in [1.29, 1.82) is 0 Å². The maximum atomic E-state index is 5.40. The van der Waals surface area contributed by atoms with Crippen LogP contribution in [0.4, 0.5) is 0 Å². The van der Waals surface area contributed by atoms with Crippen molar-refractivity contribution in [1.82, 2.24) is 0 Å². The van der Waals surface area contributed by atoms with Gasteiger partial charge in [0.05, 0.1) is 0 Å². The first-order valence-electron chi connectivity index (χ1n) is 5.16. The smallest absolute Gasteiger partial charge is 0.0245 e. The van der Waals surface area contributed by atoms with Crippen LogP contribution >= 0.6 is 0 Å². The minimum absolute atomic E-state index is 0.542. The van der Waals surface area contributed by atoms with E-state index in [9.17, 15) is 0 Å². The van der Waals surface area contributed by atoms with Crippen LogP contribution in [-0.2, 0) is 0 Å². The molecule has 0 N–H and O–H groups in total. The minimum Gasteiger partial charge on any atom is -0.115 e. The zero-order valence-corrected chi connectivity index (χ0v) is 9.46. The normalized spacial score (nSPS) is 10.6. The Labute approximate surface area is 87.4 Å². The molecule has 0 saturated carbocycles. The maximum Gasteiger partial charge on any atom is 0.0245 e. The van der Waals surface area contributed by atoms with E-state index in [-0.39, 0.29) is 0 Å². The van der Waals surface area contributed by atoms with Gasteiger partial charge >= 0.3 is 0 Å². The molecule has 0 aromatic heterocycles. The van der Waals surface area contributed by atoms with E-state index < -0.39 is 0 Å². The third kappa shape index (κ3) is 2.17. The van der Waals surface area contributed by atoms with Gasteiger partial charge in [-0.1, -0.05) is 39.7 Å². The largest absolute Gasteiger partial charge is 0.115 e. The van der Waals surface area contributed by atoms with Crippen LogP contribution in [0, 0.1) is 12.3 Å². The average Bonchev–Trinajstić information content (AvgIpc) is 2.16. The first kappa shape index (κ1) is 10.9. The highest BCUT2D eigenvalue weighted by atomic mass is 14.1. The SMILES string of the molecule is C#Cc1ccc(C(C)C)c(C(C)C)c1. The van der Waals surface area contributed by atoms with Crippen molar-refractivity contribution in [2.75, 3.05) is 0 Å². The molecule has 0 amide bonds. The van der Waals surface area contributed by atoms with Gasteiger partial charge in [-0.3, -0.25) is 0 Å². The first-order chi connectivity index (χ1) is 6.56. The zero-order valence-electron chi connectivity index (χ0n) is 9.46. The Balaban J connectivity index is 3.26. The molecule has 0 aliphatic rings. The summed E-state index contributed by atoms with van der Waals surface area (Å²) in [7, 11) is 0. The van der Waals surface area contributed by atoms with Gasteiger partial charge < -0.3 is 0 Å². The minimum atomic E-state index is 0.542. The van der Waals surface area contributed by atoms with Crippen LogP contribution in [0.2, 0.25) is 0 Å². The van der Waals surface area contributed by atoms with E-state index in [1.54, 1.807) is 0 Å². The number of hydrogen-bond donors (Lipinski definition) is 0. The molecule has 1 aromatic rings. The predicted molar refractivity (Wildman–Crippen MR) is 62.6 cm³/mol. The first-order valence-corrected chi connectivity index (χ1v) is 5.16. The molecule has 0 aliphatic heterocycles. The molecular weight excluding hydrogens is 168 g/mol. The fourth-order valence-electron chi connectivity index (χ4n) is 1.69. The second-order valence-electron chi connectivity index (χ2n) is 4.30. The summed E-state index contributed by atoms with van der Waals surface area (Å²) in [6.07, 6.45) is 5.40. The van der Waals surface area contributed by atoms with Crippen molar-refractivity contribution in [2.45, 2.75) is 39.5 Å². The highest BCUT2D eigenvalue weighted by molar-refractivity contribution is 5.42. The molecule has 0 fully saturated rings. The van der Waals surface area contributed by atoms with Crippen molar-refractivity contribution in [3.8, 4) is 12.3 Å². The predicted octanol–water partition coefficient (Wildman–Crippen LogP) is 3.91. The van der Waals surface area contributed by atoms with Gasteiger partial charge in [0, 0.05) is 5.56 Å². The molecule has 0 unspecified atom stereocenters. The molecule has 0 bridgehead atoms. The summed E-state index contributed by atoms with van der Waals surface area (Å²) in [6, 6.07) is 6.33. The lowest BCUT2D eigenvalue weighted by Crippen LogP contribution is -1.99. The van der Waals surface area contributed by atoms with Crippen molar-refractivity contribution in [3.05, 3.63) is 34.9 Å². The van der Waals surface area contributed by atoms with Crippen LogP contribution in [0.1, 0.15) is 56.2 Å². The van der Waals surface area contributed by atoms with E-state index in [1.165, 1.54) is 11.1 Å². The fourth-order valence-corrected chi connectivity index (χ4v) is 1.69. The van der Waals surface area contributed by atoms with Crippen LogP contribution in [0.15, 0.2) is 18.2 Å². The summed E-state index contributed by atoms with van der Waals surface area (Å²) in [5.41, 5.74) is 3.78. The Morgan fingerprint density at radius 2 is 1.57 bits per heavy atom. The van der Waals surface area contributed by atoms with Gasteiger partial charge in [-0.05, 0) is 35.1 Å². The lowest BCUT2D eigenvalue weighted by atomic mass is 9.89. The van der Waals surface area contributed by atoms with E-state index in [0.717, 1.165) is 5.56 Å². The van der Waals surface area contributed by atoms with Gasteiger partial charge in [-0.2, -0.15) is 0 Å². The van der Waals surface area contributed by atoms with Crippen molar-refractivity contribution in [3.63, 3.8) is 0 Å². The molecule has 74 valence electrons. The molecule has 0 spiro atoms. The number of terminal acetylenes is 1. The van der Waals surface area contributed by atoms with Gasteiger partial charge in [0.15, 0.2) is 0 Å². The molecule has 0 radical (unpaired) electrons. The summed E-state index contributed by atoms with van der Waals surface area (Å²) in [5.74, 6) is 3.80. The van der Waals surface area contributed by atoms with E-state index in [4.69, 9.17) is 6.42 Å². The summed E-state index contributed by atoms with van der Waals surface area (Å²) in [5, 5.41) is 0. The standard InChI is InChI=1S/C14H18/c1-6-12-7-8-13(10(2)3)14(9-12)11(4)5/h1,7-11H,2-5H3. The van der Waals surface area contributed by atoms with Gasteiger partial charge in [0.25, 0.3) is 0 Å². The molecule has 0 heterocycles. The Hall–Kier alpha value is -1.22. The highest BCUT2D eigenvalue weighted by Crippen LogP contribution is 2.26. The topological polar surface area (TPSA) is 0 Å². The second-order valence-corrected chi connectivity index (χ2v) is 4.30. The third-order valence-corrected chi connectivity index (χ3v) is 2.50. The Morgan fingerprint density at radius 3 is 2.00 bits per heavy atom. The van der Waals surface area contributed by atoms with Crippen LogP contribution in [0.5, 0.6) is 0 Å². The van der Waals surface area contributed by atoms with E-state index in [0.29, 0.717) is 11.8 Å². The molecule has 1 rings (SSSR count). The summed E-state index contributed by atoms with van der Waals surface area (Å²) in [6.45, 7) is 8.86. The second kappa shape index (κ2) is 4.33. The quantitative estimate of drug-likeness (QED) is 0.614. The van der Waals surface area contributed by atoms with Gasteiger partial charge in [0.1, 0.15) is 0 Å². The molecule has 14 heavy (non-hydrogen) atoms.